The second-order valence-electron chi connectivity index (χ2n) is 5.37. The van der Waals surface area contributed by atoms with Crippen LogP contribution in [0.4, 0.5) is 4.39 Å². The number of carbonyl (C=O) groups is 1. The van der Waals surface area contributed by atoms with Crippen molar-refractivity contribution in [1.82, 2.24) is 10.2 Å². The van der Waals surface area contributed by atoms with E-state index >= 15 is 0 Å². The number of nitrogens with one attached hydrogen (secondary N) is 1. The van der Waals surface area contributed by atoms with Crippen LogP contribution < -0.4 is 10.1 Å². The minimum atomic E-state index is -0.291. The third-order valence-corrected chi connectivity index (χ3v) is 3.91. The number of hydrogen-bond donors (Lipinski definition) is 1. The first kappa shape index (κ1) is 15.8. The van der Waals surface area contributed by atoms with Crippen molar-refractivity contribution in [3.8, 4) is 5.75 Å². The van der Waals surface area contributed by atoms with Gasteiger partial charge in [-0.2, -0.15) is 0 Å². The van der Waals surface area contributed by atoms with E-state index in [0.717, 1.165) is 25.9 Å². The summed E-state index contributed by atoms with van der Waals surface area (Å²) in [6.45, 7) is 4.15. The number of amides is 1. The second-order valence-corrected chi connectivity index (χ2v) is 5.37. The number of nitrogens with zero attached hydrogens (tertiary/aromatic N) is 1. The first-order valence-electron chi connectivity index (χ1n) is 7.47. The molecule has 4 nitrogen and oxygen atoms in total. The molecule has 1 aliphatic rings. The lowest BCUT2D eigenvalue weighted by Gasteiger charge is -2.19. The van der Waals surface area contributed by atoms with E-state index in [1.807, 2.05) is 11.8 Å². The van der Waals surface area contributed by atoms with Gasteiger partial charge in [-0.15, -0.1) is 0 Å². The van der Waals surface area contributed by atoms with Gasteiger partial charge in [0.25, 0.3) is 0 Å². The van der Waals surface area contributed by atoms with Gasteiger partial charge in [-0.25, -0.2) is 4.39 Å². The Kier molecular flexibility index (Phi) is 5.56. The molecule has 1 atom stereocenters. The van der Waals surface area contributed by atoms with E-state index in [1.54, 1.807) is 12.1 Å². The average Bonchev–Trinajstić information content (AvgIpc) is 3.00. The highest BCUT2D eigenvalue weighted by atomic mass is 19.1. The fourth-order valence-corrected chi connectivity index (χ4v) is 2.74. The van der Waals surface area contributed by atoms with Crippen LogP contribution in [0.5, 0.6) is 5.75 Å². The number of likely N-dealkylation sites (tertiary alicyclic amines) is 1. The Morgan fingerprint density at radius 3 is 2.81 bits per heavy atom. The molecule has 5 heteroatoms. The normalized spacial score (nSPS) is 16.0. The lowest BCUT2D eigenvalue weighted by molar-refractivity contribution is -0.130. The van der Waals surface area contributed by atoms with Crippen LogP contribution in [0.25, 0.3) is 0 Å². The van der Waals surface area contributed by atoms with Crippen molar-refractivity contribution in [3.05, 3.63) is 29.6 Å². The van der Waals surface area contributed by atoms with Crippen molar-refractivity contribution >= 4 is 5.91 Å². The maximum atomic E-state index is 13.9. The van der Waals surface area contributed by atoms with Gasteiger partial charge < -0.3 is 15.0 Å². The molecule has 1 N–H and O–H groups in total. The number of methoxy groups -OCH3 is 1. The topological polar surface area (TPSA) is 41.6 Å². The summed E-state index contributed by atoms with van der Waals surface area (Å²) in [5.74, 6) is 0.411. The average molecular weight is 294 g/mol. The van der Waals surface area contributed by atoms with Gasteiger partial charge in [0.15, 0.2) is 0 Å². The largest absolute Gasteiger partial charge is 0.496 e. The summed E-state index contributed by atoms with van der Waals surface area (Å²) in [4.78, 5) is 13.8. The summed E-state index contributed by atoms with van der Waals surface area (Å²) in [5.41, 5.74) is 0.508. The lowest BCUT2D eigenvalue weighted by Crippen LogP contribution is -2.31. The molecule has 2 rings (SSSR count). The van der Waals surface area contributed by atoms with E-state index < -0.39 is 0 Å². The van der Waals surface area contributed by atoms with Crippen LogP contribution in [0, 0.1) is 5.82 Å². The van der Waals surface area contributed by atoms with Gasteiger partial charge in [0.1, 0.15) is 11.6 Å². The van der Waals surface area contributed by atoms with Gasteiger partial charge in [0, 0.05) is 37.7 Å². The fourth-order valence-electron chi connectivity index (χ4n) is 2.74. The van der Waals surface area contributed by atoms with Crippen molar-refractivity contribution in [2.24, 2.45) is 0 Å². The zero-order valence-corrected chi connectivity index (χ0v) is 12.7. The van der Waals surface area contributed by atoms with Crippen molar-refractivity contribution < 1.29 is 13.9 Å². The van der Waals surface area contributed by atoms with Crippen LogP contribution in [0.1, 0.15) is 37.8 Å². The van der Waals surface area contributed by atoms with Gasteiger partial charge >= 0.3 is 0 Å². The third kappa shape index (κ3) is 3.94. The summed E-state index contributed by atoms with van der Waals surface area (Å²) in [6, 6.07) is 4.59. The summed E-state index contributed by atoms with van der Waals surface area (Å²) in [5, 5.41) is 3.20. The highest BCUT2D eigenvalue weighted by Crippen LogP contribution is 2.27. The zero-order valence-electron chi connectivity index (χ0n) is 12.7. The molecule has 0 radical (unpaired) electrons. The van der Waals surface area contributed by atoms with Crippen molar-refractivity contribution in [3.63, 3.8) is 0 Å². The van der Waals surface area contributed by atoms with Crippen LogP contribution in [0.3, 0.4) is 0 Å². The number of ether oxygens (including phenoxy) is 1. The van der Waals surface area contributed by atoms with Gasteiger partial charge in [0.2, 0.25) is 5.91 Å². The molecule has 1 aliphatic heterocycles. The monoisotopic (exact) mass is 294 g/mol. The summed E-state index contributed by atoms with van der Waals surface area (Å²) in [7, 11) is 1.53. The SMILES string of the molecule is COc1cccc(F)c1C(C)NCCC(=O)N1CCCC1. The maximum absolute atomic E-state index is 13.9. The molecule has 1 unspecified atom stereocenters. The number of benzene rings is 1. The Bertz CT molecular complexity index is 487. The molecule has 21 heavy (non-hydrogen) atoms. The molecule has 0 spiro atoms. The molecule has 0 aromatic heterocycles. The van der Waals surface area contributed by atoms with E-state index in [0.29, 0.717) is 24.3 Å². The van der Waals surface area contributed by atoms with Crippen LogP contribution in [0.15, 0.2) is 18.2 Å². The molecule has 0 aliphatic carbocycles. The van der Waals surface area contributed by atoms with Gasteiger partial charge in [-0.1, -0.05) is 6.07 Å². The standard InChI is InChI=1S/C16H23FN2O2/c1-12(16-13(17)6-5-7-14(16)21-2)18-9-8-15(20)19-10-3-4-11-19/h5-7,12,18H,3-4,8-11H2,1-2H3. The maximum Gasteiger partial charge on any atom is 0.223 e. The minimum Gasteiger partial charge on any atom is -0.496 e. The Labute approximate surface area is 125 Å². The van der Waals surface area contributed by atoms with Crippen molar-refractivity contribution in [2.75, 3.05) is 26.7 Å². The number of carbonyl (C=O) groups excluding carboxylic acids is 1. The lowest BCUT2D eigenvalue weighted by atomic mass is 10.1. The van der Waals surface area contributed by atoms with Crippen LogP contribution in [0.2, 0.25) is 0 Å². The van der Waals surface area contributed by atoms with E-state index in [9.17, 15) is 9.18 Å². The molecule has 1 fully saturated rings. The summed E-state index contributed by atoms with van der Waals surface area (Å²) in [6.07, 6.45) is 2.64. The van der Waals surface area contributed by atoms with E-state index in [4.69, 9.17) is 4.74 Å². The summed E-state index contributed by atoms with van der Waals surface area (Å²) < 4.78 is 19.1. The molecule has 0 bridgehead atoms. The summed E-state index contributed by atoms with van der Waals surface area (Å²) >= 11 is 0. The van der Waals surface area contributed by atoms with E-state index in [1.165, 1.54) is 13.2 Å². The van der Waals surface area contributed by atoms with Crippen molar-refractivity contribution in [2.45, 2.75) is 32.2 Å². The highest BCUT2D eigenvalue weighted by Gasteiger charge is 2.19. The number of rotatable bonds is 6. The number of hydrogen-bond acceptors (Lipinski definition) is 3. The van der Waals surface area contributed by atoms with Gasteiger partial charge in [-0.05, 0) is 31.9 Å². The fraction of sp³-hybridized carbons (Fsp3) is 0.562. The molecule has 1 saturated heterocycles. The third-order valence-electron chi connectivity index (χ3n) is 3.91. The predicted molar refractivity (Wildman–Crippen MR) is 79.8 cm³/mol. The predicted octanol–water partition coefficient (Wildman–Crippen LogP) is 2.50. The second kappa shape index (κ2) is 7.41. The molecule has 1 heterocycles. The Morgan fingerprint density at radius 1 is 1.43 bits per heavy atom. The molecule has 0 saturated carbocycles. The molecule has 1 aromatic rings. The van der Waals surface area contributed by atoms with Gasteiger partial charge in [0.05, 0.1) is 7.11 Å². The molecular formula is C16H23FN2O2. The minimum absolute atomic E-state index is 0.174. The van der Waals surface area contributed by atoms with E-state index in [2.05, 4.69) is 5.32 Å². The molecule has 1 aromatic carbocycles. The first-order valence-corrected chi connectivity index (χ1v) is 7.47. The van der Waals surface area contributed by atoms with Gasteiger partial charge in [-0.3, -0.25) is 4.79 Å². The Morgan fingerprint density at radius 2 is 2.14 bits per heavy atom. The molecular weight excluding hydrogens is 271 g/mol. The van der Waals surface area contributed by atoms with Crippen LogP contribution in [-0.4, -0.2) is 37.6 Å². The number of halogens is 1. The first-order chi connectivity index (χ1) is 10.1. The quantitative estimate of drug-likeness (QED) is 0.876. The molecule has 1 amide bonds. The Hall–Kier alpha value is -1.62. The smallest absolute Gasteiger partial charge is 0.223 e. The highest BCUT2D eigenvalue weighted by molar-refractivity contribution is 5.76. The zero-order chi connectivity index (χ0) is 15.2. The van der Waals surface area contributed by atoms with Crippen LogP contribution >= 0.6 is 0 Å². The van der Waals surface area contributed by atoms with Crippen LogP contribution in [-0.2, 0) is 4.79 Å². The van der Waals surface area contributed by atoms with Crippen molar-refractivity contribution in [1.29, 1.82) is 0 Å². The Balaban J connectivity index is 1.87. The van der Waals surface area contributed by atoms with E-state index in [-0.39, 0.29) is 17.8 Å². The molecule has 116 valence electrons.